The van der Waals surface area contributed by atoms with E-state index in [1.165, 1.54) is 4.90 Å². The Labute approximate surface area is 112 Å². The molecule has 18 heavy (non-hydrogen) atoms. The molecule has 0 bridgehead atoms. The number of nitrogens with zero attached hydrogens (tertiary/aromatic N) is 3. The van der Waals surface area contributed by atoms with Crippen molar-refractivity contribution < 1.29 is 0 Å². The summed E-state index contributed by atoms with van der Waals surface area (Å²) in [5.74, 6) is 2.11. The van der Waals surface area contributed by atoms with Crippen LogP contribution in [-0.2, 0) is 13.5 Å². The number of rotatable bonds is 7. The Morgan fingerprint density at radius 1 is 1.22 bits per heavy atom. The molecule has 96 valence electrons. The van der Waals surface area contributed by atoms with E-state index in [2.05, 4.69) is 39.8 Å². The Morgan fingerprint density at radius 3 is 2.78 bits per heavy atom. The van der Waals surface area contributed by atoms with Gasteiger partial charge in [-0.05, 0) is 12.1 Å². The van der Waals surface area contributed by atoms with Gasteiger partial charge in [-0.25, -0.2) is 0 Å². The van der Waals surface area contributed by atoms with Crippen molar-refractivity contribution in [1.29, 1.82) is 0 Å². The summed E-state index contributed by atoms with van der Waals surface area (Å²) in [6.45, 7) is 1.96. The highest BCUT2D eigenvalue weighted by atomic mass is 32.2. The molecule has 1 N–H and O–H groups in total. The van der Waals surface area contributed by atoms with Gasteiger partial charge in [0.1, 0.15) is 12.2 Å². The van der Waals surface area contributed by atoms with Crippen LogP contribution in [0.2, 0.25) is 0 Å². The molecule has 0 atom stereocenters. The first-order valence-electron chi connectivity index (χ1n) is 6.07. The third kappa shape index (κ3) is 4.16. The molecule has 1 aromatic carbocycles. The van der Waals surface area contributed by atoms with E-state index in [1.807, 2.05) is 29.4 Å². The Bertz CT molecular complexity index is 455. The van der Waals surface area contributed by atoms with Gasteiger partial charge in [0.25, 0.3) is 0 Å². The van der Waals surface area contributed by atoms with Crippen molar-refractivity contribution >= 4 is 11.8 Å². The zero-order chi connectivity index (χ0) is 12.6. The quantitative estimate of drug-likeness (QED) is 0.610. The first kappa shape index (κ1) is 13.1. The fourth-order valence-corrected chi connectivity index (χ4v) is 2.45. The molecular weight excluding hydrogens is 244 g/mol. The molecule has 0 saturated heterocycles. The molecule has 0 saturated carbocycles. The van der Waals surface area contributed by atoms with Gasteiger partial charge in [-0.3, -0.25) is 0 Å². The molecule has 1 heterocycles. The first-order chi connectivity index (χ1) is 8.86. The van der Waals surface area contributed by atoms with Crippen LogP contribution in [0.5, 0.6) is 0 Å². The smallest absolute Gasteiger partial charge is 0.133 e. The maximum Gasteiger partial charge on any atom is 0.133 e. The molecule has 0 aliphatic carbocycles. The van der Waals surface area contributed by atoms with E-state index >= 15 is 0 Å². The highest BCUT2D eigenvalue weighted by Crippen LogP contribution is 2.15. The van der Waals surface area contributed by atoms with Gasteiger partial charge in [0.05, 0.1) is 0 Å². The number of aryl methyl sites for hydroxylation is 1. The van der Waals surface area contributed by atoms with Gasteiger partial charge in [0.15, 0.2) is 0 Å². The van der Waals surface area contributed by atoms with Gasteiger partial charge in [0, 0.05) is 37.2 Å². The van der Waals surface area contributed by atoms with E-state index in [1.54, 1.807) is 6.33 Å². The Morgan fingerprint density at radius 2 is 2.06 bits per heavy atom. The predicted molar refractivity (Wildman–Crippen MR) is 74.7 cm³/mol. The van der Waals surface area contributed by atoms with Gasteiger partial charge in [0.2, 0.25) is 0 Å². The van der Waals surface area contributed by atoms with E-state index in [0.717, 1.165) is 31.1 Å². The third-order valence-corrected chi connectivity index (χ3v) is 3.64. The van der Waals surface area contributed by atoms with Crippen LogP contribution < -0.4 is 5.32 Å². The van der Waals surface area contributed by atoms with Gasteiger partial charge >= 0.3 is 0 Å². The van der Waals surface area contributed by atoms with E-state index in [-0.39, 0.29) is 0 Å². The van der Waals surface area contributed by atoms with E-state index < -0.39 is 0 Å². The van der Waals surface area contributed by atoms with Crippen molar-refractivity contribution in [3.63, 3.8) is 0 Å². The van der Waals surface area contributed by atoms with Crippen molar-refractivity contribution in [2.24, 2.45) is 7.05 Å². The summed E-state index contributed by atoms with van der Waals surface area (Å²) in [5.41, 5.74) is 0. The molecule has 0 spiro atoms. The minimum Gasteiger partial charge on any atom is -0.321 e. The van der Waals surface area contributed by atoms with Crippen LogP contribution >= 0.6 is 11.8 Å². The van der Waals surface area contributed by atoms with Crippen LogP contribution in [0.25, 0.3) is 0 Å². The van der Waals surface area contributed by atoms with Crippen LogP contribution in [0.4, 0.5) is 0 Å². The first-order valence-corrected chi connectivity index (χ1v) is 7.06. The minimum absolute atomic E-state index is 0.923. The van der Waals surface area contributed by atoms with Gasteiger partial charge < -0.3 is 9.88 Å². The van der Waals surface area contributed by atoms with E-state index in [9.17, 15) is 0 Å². The lowest BCUT2D eigenvalue weighted by atomic mass is 10.4. The van der Waals surface area contributed by atoms with Crippen molar-refractivity contribution in [2.75, 3.05) is 18.8 Å². The molecule has 2 rings (SSSR count). The predicted octanol–water partition coefficient (Wildman–Crippen LogP) is 1.74. The summed E-state index contributed by atoms with van der Waals surface area (Å²) in [6.07, 6.45) is 2.66. The van der Waals surface area contributed by atoms with E-state index in [0.29, 0.717) is 0 Å². The summed E-state index contributed by atoms with van der Waals surface area (Å²) in [4.78, 5) is 1.33. The zero-order valence-electron chi connectivity index (χ0n) is 10.5. The molecule has 1 aromatic heterocycles. The average molecular weight is 262 g/mol. The second-order valence-corrected chi connectivity index (χ2v) is 5.19. The summed E-state index contributed by atoms with van der Waals surface area (Å²) >= 11 is 1.88. The number of benzene rings is 1. The van der Waals surface area contributed by atoms with Gasteiger partial charge in [-0.1, -0.05) is 18.2 Å². The average Bonchev–Trinajstić information content (AvgIpc) is 2.81. The summed E-state index contributed by atoms with van der Waals surface area (Å²) < 4.78 is 1.96. The molecule has 0 amide bonds. The zero-order valence-corrected chi connectivity index (χ0v) is 11.4. The number of hydrogen-bond donors (Lipinski definition) is 1. The Kier molecular flexibility index (Phi) is 5.23. The van der Waals surface area contributed by atoms with Crippen molar-refractivity contribution in [3.8, 4) is 0 Å². The fourth-order valence-electron chi connectivity index (χ4n) is 1.62. The summed E-state index contributed by atoms with van der Waals surface area (Å²) in [7, 11) is 1.97. The number of hydrogen-bond acceptors (Lipinski definition) is 4. The number of nitrogens with one attached hydrogen (secondary N) is 1. The van der Waals surface area contributed by atoms with Crippen LogP contribution in [0.1, 0.15) is 5.82 Å². The molecule has 0 aliphatic heterocycles. The maximum absolute atomic E-state index is 4.05. The molecule has 0 radical (unpaired) electrons. The maximum atomic E-state index is 4.05. The lowest BCUT2D eigenvalue weighted by Crippen LogP contribution is -2.21. The molecule has 0 fully saturated rings. The summed E-state index contributed by atoms with van der Waals surface area (Å²) in [5, 5.41) is 11.3. The lowest BCUT2D eigenvalue weighted by Gasteiger charge is -2.04. The van der Waals surface area contributed by atoms with Crippen molar-refractivity contribution in [1.82, 2.24) is 20.1 Å². The monoisotopic (exact) mass is 262 g/mol. The van der Waals surface area contributed by atoms with E-state index in [4.69, 9.17) is 0 Å². The third-order valence-electron chi connectivity index (χ3n) is 2.62. The number of thioether (sulfide) groups is 1. The largest absolute Gasteiger partial charge is 0.321 e. The van der Waals surface area contributed by atoms with Crippen molar-refractivity contribution in [3.05, 3.63) is 42.5 Å². The fraction of sp³-hybridized carbons (Fsp3) is 0.385. The second-order valence-electron chi connectivity index (χ2n) is 4.02. The van der Waals surface area contributed by atoms with Crippen LogP contribution in [0.3, 0.4) is 0 Å². The van der Waals surface area contributed by atoms with Gasteiger partial charge in [-0.15, -0.1) is 22.0 Å². The topological polar surface area (TPSA) is 42.7 Å². The van der Waals surface area contributed by atoms with Crippen molar-refractivity contribution in [2.45, 2.75) is 11.3 Å². The molecule has 5 heteroatoms. The second kappa shape index (κ2) is 7.18. The van der Waals surface area contributed by atoms with Crippen LogP contribution in [0.15, 0.2) is 41.6 Å². The Balaban J connectivity index is 1.56. The van der Waals surface area contributed by atoms with Gasteiger partial charge in [-0.2, -0.15) is 0 Å². The molecule has 2 aromatic rings. The molecule has 0 unspecified atom stereocenters. The van der Waals surface area contributed by atoms with Crippen LogP contribution in [-0.4, -0.2) is 33.6 Å². The highest BCUT2D eigenvalue weighted by Gasteiger charge is 1.99. The molecular formula is C13H18N4S. The standard InChI is InChI=1S/C13H18N4S/c1-17-11-15-16-13(17)7-8-14-9-10-18-12-5-3-2-4-6-12/h2-6,11,14H,7-10H2,1H3. The lowest BCUT2D eigenvalue weighted by molar-refractivity contribution is 0.677. The molecule has 0 aliphatic rings. The number of aromatic nitrogens is 3. The highest BCUT2D eigenvalue weighted by molar-refractivity contribution is 7.99. The van der Waals surface area contributed by atoms with Crippen LogP contribution in [0, 0.1) is 0 Å². The summed E-state index contributed by atoms with van der Waals surface area (Å²) in [6, 6.07) is 10.5. The Hall–Kier alpha value is -1.33. The molecule has 4 nitrogen and oxygen atoms in total. The SMILES string of the molecule is Cn1cnnc1CCNCCSc1ccccc1. The normalized spacial score (nSPS) is 10.7. The minimum atomic E-state index is 0.923.